The van der Waals surface area contributed by atoms with Gasteiger partial charge in [-0.1, -0.05) is 17.8 Å². The Kier molecular flexibility index (Phi) is 7.74. The van der Waals surface area contributed by atoms with E-state index in [2.05, 4.69) is 20.3 Å². The number of amides is 1. The first-order valence-corrected chi connectivity index (χ1v) is 14.0. The molecular formula is C24H22N6O4S3. The largest absolute Gasteiger partial charge is 0.378 e. The molecule has 0 aliphatic carbocycles. The van der Waals surface area contributed by atoms with Gasteiger partial charge in [-0.15, -0.1) is 22.7 Å². The molecule has 5 rings (SSSR count). The summed E-state index contributed by atoms with van der Waals surface area (Å²) in [6, 6.07) is 10.8. The minimum absolute atomic E-state index is 0.0541. The van der Waals surface area contributed by atoms with Crippen LogP contribution in [-0.4, -0.2) is 58.6 Å². The Labute approximate surface area is 224 Å². The third kappa shape index (κ3) is 6.13. The number of carbonyl (C=O) groups is 1. The highest BCUT2D eigenvalue weighted by atomic mass is 32.2. The zero-order valence-electron chi connectivity index (χ0n) is 19.7. The number of carbonyl (C=O) groups excluding carboxylic acids is 1. The first-order valence-electron chi connectivity index (χ1n) is 11.4. The third-order valence-corrected chi connectivity index (χ3v) is 8.47. The molecule has 1 atom stereocenters. The number of nitrogens with zero attached hydrogens (tertiary/aromatic N) is 5. The quantitative estimate of drug-likeness (QED) is 0.134. The standard InChI is InChI=1S/C24H22N6O4S3/c1-15(22(31)28-23-25-6-11-35-23)36-24-27-18-4-3-17(13-21(18)37-24)26-14-16-2-5-19(20(12-16)30(32)33)29-7-9-34-10-8-29/h2-6,11-15H,7-10H2,1H3,(H,25,28,31). The van der Waals surface area contributed by atoms with Gasteiger partial charge in [0.25, 0.3) is 5.69 Å². The maximum atomic E-state index is 12.4. The van der Waals surface area contributed by atoms with Gasteiger partial charge in [-0.3, -0.25) is 19.9 Å². The second kappa shape index (κ2) is 11.3. The van der Waals surface area contributed by atoms with Crippen LogP contribution in [0, 0.1) is 10.1 Å². The zero-order chi connectivity index (χ0) is 25.8. The van der Waals surface area contributed by atoms with E-state index in [0.29, 0.717) is 48.4 Å². The first kappa shape index (κ1) is 25.3. The van der Waals surface area contributed by atoms with Crippen LogP contribution in [0.5, 0.6) is 0 Å². The first-order chi connectivity index (χ1) is 18.0. The Balaban J connectivity index is 1.29. The van der Waals surface area contributed by atoms with Crippen LogP contribution in [0.15, 0.2) is 57.3 Å². The lowest BCUT2D eigenvalue weighted by molar-refractivity contribution is -0.384. The van der Waals surface area contributed by atoms with E-state index in [1.54, 1.807) is 24.5 Å². The monoisotopic (exact) mass is 554 g/mol. The van der Waals surface area contributed by atoms with Crippen LogP contribution in [0.2, 0.25) is 0 Å². The second-order valence-corrected chi connectivity index (χ2v) is 11.6. The van der Waals surface area contributed by atoms with Crippen molar-refractivity contribution in [3.8, 4) is 0 Å². The summed E-state index contributed by atoms with van der Waals surface area (Å²) in [6.07, 6.45) is 3.27. The normalized spacial score (nSPS) is 14.8. The Bertz CT molecular complexity index is 1450. The van der Waals surface area contributed by atoms with Crippen LogP contribution in [0.1, 0.15) is 12.5 Å². The summed E-state index contributed by atoms with van der Waals surface area (Å²) in [5, 5.41) is 16.6. The Morgan fingerprint density at radius 3 is 2.89 bits per heavy atom. The highest BCUT2D eigenvalue weighted by Gasteiger charge is 2.22. The molecule has 1 saturated heterocycles. The van der Waals surface area contributed by atoms with Gasteiger partial charge in [0.05, 0.1) is 39.3 Å². The summed E-state index contributed by atoms with van der Waals surface area (Å²) in [5.41, 5.74) is 2.82. The predicted molar refractivity (Wildman–Crippen MR) is 149 cm³/mol. The molecule has 1 unspecified atom stereocenters. The molecule has 0 bridgehead atoms. The average molecular weight is 555 g/mol. The van der Waals surface area contributed by atoms with E-state index in [4.69, 9.17) is 4.74 Å². The van der Waals surface area contributed by atoms with E-state index < -0.39 is 0 Å². The molecule has 1 aliphatic heterocycles. The number of thiazole rings is 2. The molecule has 37 heavy (non-hydrogen) atoms. The fourth-order valence-corrected chi connectivity index (χ4v) is 6.48. The summed E-state index contributed by atoms with van der Waals surface area (Å²) < 4.78 is 7.08. The van der Waals surface area contributed by atoms with Crippen molar-refractivity contribution in [2.24, 2.45) is 4.99 Å². The number of ether oxygens (including phenoxy) is 1. The maximum absolute atomic E-state index is 12.4. The molecule has 0 radical (unpaired) electrons. The Morgan fingerprint density at radius 1 is 1.30 bits per heavy atom. The number of nitro groups is 1. The van der Waals surface area contributed by atoms with Gasteiger partial charge in [0.15, 0.2) is 9.47 Å². The SMILES string of the molecule is CC(Sc1nc2ccc(N=Cc3ccc(N4CCOCC4)c([N+](=O)[O-])c3)cc2s1)C(=O)Nc1nccs1. The highest BCUT2D eigenvalue weighted by molar-refractivity contribution is 8.02. The molecule has 1 N–H and O–H groups in total. The van der Waals surface area contributed by atoms with Crippen molar-refractivity contribution in [2.75, 3.05) is 36.5 Å². The van der Waals surface area contributed by atoms with Crippen LogP contribution < -0.4 is 10.2 Å². The van der Waals surface area contributed by atoms with Gasteiger partial charge < -0.3 is 15.0 Å². The molecule has 2 aromatic heterocycles. The summed E-state index contributed by atoms with van der Waals surface area (Å²) in [6.45, 7) is 4.19. The number of benzene rings is 2. The van der Waals surface area contributed by atoms with Gasteiger partial charge in [-0.2, -0.15) is 0 Å². The van der Waals surface area contributed by atoms with Gasteiger partial charge in [-0.05, 0) is 36.8 Å². The topological polar surface area (TPSA) is 123 Å². The van der Waals surface area contributed by atoms with E-state index >= 15 is 0 Å². The highest BCUT2D eigenvalue weighted by Crippen LogP contribution is 2.34. The van der Waals surface area contributed by atoms with E-state index in [-0.39, 0.29) is 21.8 Å². The minimum Gasteiger partial charge on any atom is -0.378 e. The molecule has 1 amide bonds. The van der Waals surface area contributed by atoms with Gasteiger partial charge >= 0.3 is 0 Å². The lowest BCUT2D eigenvalue weighted by Crippen LogP contribution is -2.36. The number of hydrogen-bond acceptors (Lipinski definition) is 11. The summed E-state index contributed by atoms with van der Waals surface area (Å²) in [7, 11) is 0. The van der Waals surface area contributed by atoms with E-state index in [1.807, 2.05) is 41.5 Å². The van der Waals surface area contributed by atoms with Crippen LogP contribution >= 0.6 is 34.4 Å². The lowest BCUT2D eigenvalue weighted by Gasteiger charge is -2.28. The van der Waals surface area contributed by atoms with Crippen molar-refractivity contribution in [1.82, 2.24) is 9.97 Å². The van der Waals surface area contributed by atoms with Crippen molar-refractivity contribution < 1.29 is 14.5 Å². The number of hydrogen-bond donors (Lipinski definition) is 1. The number of aliphatic imine (C=N–C) groups is 1. The van der Waals surface area contributed by atoms with Crippen LogP contribution in [0.4, 0.5) is 22.2 Å². The van der Waals surface area contributed by atoms with E-state index in [9.17, 15) is 14.9 Å². The van der Waals surface area contributed by atoms with Gasteiger partial charge in [0.1, 0.15) is 5.69 Å². The minimum atomic E-state index is -0.358. The number of anilines is 2. The lowest BCUT2D eigenvalue weighted by atomic mass is 10.1. The van der Waals surface area contributed by atoms with Gasteiger partial charge in [0, 0.05) is 36.9 Å². The molecule has 190 valence electrons. The fourth-order valence-electron chi connectivity index (χ4n) is 3.71. The predicted octanol–water partition coefficient (Wildman–Crippen LogP) is 5.37. The van der Waals surface area contributed by atoms with Crippen molar-refractivity contribution >= 4 is 79.0 Å². The second-order valence-electron chi connectivity index (χ2n) is 8.08. The molecular weight excluding hydrogens is 533 g/mol. The van der Waals surface area contributed by atoms with E-state index in [0.717, 1.165) is 14.6 Å². The molecule has 0 saturated carbocycles. The summed E-state index contributed by atoms with van der Waals surface area (Å²) in [4.78, 5) is 39.0. The molecule has 0 spiro atoms. The summed E-state index contributed by atoms with van der Waals surface area (Å²) in [5.74, 6) is -0.127. The smallest absolute Gasteiger partial charge is 0.293 e. The Hall–Kier alpha value is -3.39. The fraction of sp³-hybridized carbons (Fsp3) is 0.250. The molecule has 10 nitrogen and oxygen atoms in total. The zero-order valence-corrected chi connectivity index (χ0v) is 22.1. The number of rotatable bonds is 8. The molecule has 1 fully saturated rings. The number of aromatic nitrogens is 2. The van der Waals surface area contributed by atoms with Gasteiger partial charge in [0.2, 0.25) is 5.91 Å². The van der Waals surface area contributed by atoms with Crippen LogP contribution in [0.25, 0.3) is 10.2 Å². The molecule has 2 aromatic carbocycles. The molecule has 3 heterocycles. The van der Waals surface area contributed by atoms with Crippen molar-refractivity contribution in [2.45, 2.75) is 16.5 Å². The number of nitro benzene ring substituents is 1. The number of thioether (sulfide) groups is 1. The van der Waals surface area contributed by atoms with Crippen molar-refractivity contribution in [3.63, 3.8) is 0 Å². The van der Waals surface area contributed by atoms with Crippen LogP contribution in [0.3, 0.4) is 0 Å². The Morgan fingerprint density at radius 2 is 2.14 bits per heavy atom. The number of nitrogens with one attached hydrogen (secondary N) is 1. The number of fused-ring (bicyclic) bond motifs is 1. The summed E-state index contributed by atoms with van der Waals surface area (Å²) >= 11 is 4.26. The van der Waals surface area contributed by atoms with Crippen LogP contribution in [-0.2, 0) is 9.53 Å². The average Bonchev–Trinajstić information content (AvgIpc) is 3.56. The van der Waals surface area contributed by atoms with E-state index in [1.165, 1.54) is 34.4 Å². The molecule has 13 heteroatoms. The van der Waals surface area contributed by atoms with Crippen molar-refractivity contribution in [3.05, 3.63) is 63.7 Å². The molecule has 4 aromatic rings. The van der Waals surface area contributed by atoms with Crippen molar-refractivity contribution in [1.29, 1.82) is 0 Å². The maximum Gasteiger partial charge on any atom is 0.293 e. The molecule has 1 aliphatic rings. The number of morpholine rings is 1. The third-order valence-electron chi connectivity index (χ3n) is 5.57. The van der Waals surface area contributed by atoms with Gasteiger partial charge in [-0.25, -0.2) is 9.97 Å².